The van der Waals surface area contributed by atoms with Gasteiger partial charge in [-0.25, -0.2) is 13.2 Å². The molecular formula is C24H27ClN2O5S. The van der Waals surface area contributed by atoms with Crippen LogP contribution in [0.4, 0.5) is 5.69 Å². The zero-order valence-electron chi connectivity index (χ0n) is 18.7. The van der Waals surface area contributed by atoms with Crippen LogP contribution in [-0.4, -0.2) is 50.3 Å². The molecule has 0 aromatic heterocycles. The highest BCUT2D eigenvalue weighted by atomic mass is 35.5. The summed E-state index contributed by atoms with van der Waals surface area (Å²) in [7, 11) is -3.85. The standard InChI is InChI=1S/C24H27ClN2O5S/c1-16-6-5-12-26(15-16)33(30,31)22-14-19(9-10-20(22)25)24(29)32-17(2)23(28)27-13-11-18-7-3-4-8-21(18)27/h3-4,7-10,14,16-17H,5-6,11-13,15H2,1-2H3/t16-,17-/m1/s1. The number of nitrogens with zero attached hydrogens (tertiary/aromatic N) is 2. The molecule has 2 atom stereocenters. The van der Waals surface area contributed by atoms with Crippen LogP contribution >= 0.6 is 11.6 Å². The molecule has 9 heteroatoms. The van der Waals surface area contributed by atoms with Gasteiger partial charge in [-0.15, -0.1) is 0 Å². The van der Waals surface area contributed by atoms with Crippen molar-refractivity contribution in [1.29, 1.82) is 0 Å². The number of esters is 1. The van der Waals surface area contributed by atoms with E-state index in [1.165, 1.54) is 29.4 Å². The smallest absolute Gasteiger partial charge is 0.338 e. The van der Waals surface area contributed by atoms with Crippen LogP contribution in [0.2, 0.25) is 5.02 Å². The quantitative estimate of drug-likeness (QED) is 0.593. The maximum atomic E-state index is 13.2. The predicted octanol–water partition coefficient (Wildman–Crippen LogP) is 3.90. The van der Waals surface area contributed by atoms with E-state index in [2.05, 4.69) is 0 Å². The largest absolute Gasteiger partial charge is 0.449 e. The van der Waals surface area contributed by atoms with Gasteiger partial charge in [-0.2, -0.15) is 4.31 Å². The summed E-state index contributed by atoms with van der Waals surface area (Å²) in [6.45, 7) is 4.88. The number of carbonyl (C=O) groups is 2. The number of anilines is 1. The second-order valence-electron chi connectivity index (χ2n) is 8.67. The second kappa shape index (κ2) is 9.44. The molecule has 2 aliphatic heterocycles. The number of sulfonamides is 1. The highest BCUT2D eigenvalue weighted by Gasteiger charge is 2.33. The first-order valence-corrected chi connectivity index (χ1v) is 12.9. The summed E-state index contributed by atoms with van der Waals surface area (Å²) in [5.74, 6) is -0.844. The number of carbonyl (C=O) groups excluding carboxylic acids is 2. The number of fused-ring (bicyclic) bond motifs is 1. The van der Waals surface area contributed by atoms with Crippen LogP contribution in [-0.2, 0) is 26.0 Å². The number of halogens is 1. The van der Waals surface area contributed by atoms with E-state index in [1.807, 2.05) is 31.2 Å². The Morgan fingerprint density at radius 3 is 2.67 bits per heavy atom. The van der Waals surface area contributed by atoms with Crippen LogP contribution in [0.5, 0.6) is 0 Å². The Balaban J connectivity index is 1.50. The summed E-state index contributed by atoms with van der Waals surface area (Å²) in [6.07, 6.45) is 1.47. The lowest BCUT2D eigenvalue weighted by Crippen LogP contribution is -2.39. The zero-order valence-corrected chi connectivity index (χ0v) is 20.2. The van der Waals surface area contributed by atoms with Crippen molar-refractivity contribution in [2.75, 3.05) is 24.5 Å². The van der Waals surface area contributed by atoms with Gasteiger partial charge in [0.1, 0.15) is 4.90 Å². The lowest BCUT2D eigenvalue weighted by molar-refractivity contribution is -0.126. The molecule has 0 N–H and O–H groups in total. The molecule has 1 amide bonds. The van der Waals surface area contributed by atoms with Crippen LogP contribution in [0.25, 0.3) is 0 Å². The molecule has 2 heterocycles. The van der Waals surface area contributed by atoms with Crippen molar-refractivity contribution in [3.8, 4) is 0 Å². The van der Waals surface area contributed by atoms with Crippen LogP contribution in [0.15, 0.2) is 47.4 Å². The van der Waals surface area contributed by atoms with Crippen molar-refractivity contribution in [2.24, 2.45) is 5.92 Å². The van der Waals surface area contributed by atoms with Gasteiger partial charge in [0.15, 0.2) is 6.10 Å². The Labute approximate surface area is 199 Å². The van der Waals surface area contributed by atoms with E-state index < -0.39 is 22.1 Å². The molecule has 176 valence electrons. The normalized spacial score (nSPS) is 19.7. The molecule has 0 saturated carbocycles. The van der Waals surface area contributed by atoms with Crippen LogP contribution in [0.3, 0.4) is 0 Å². The van der Waals surface area contributed by atoms with E-state index in [0.717, 1.165) is 30.5 Å². The Morgan fingerprint density at radius 1 is 1.15 bits per heavy atom. The van der Waals surface area contributed by atoms with E-state index in [-0.39, 0.29) is 27.3 Å². The van der Waals surface area contributed by atoms with Gasteiger partial charge in [0.25, 0.3) is 5.91 Å². The molecule has 1 fully saturated rings. The Kier molecular flexibility index (Phi) is 6.79. The number of para-hydroxylation sites is 1. The highest BCUT2D eigenvalue weighted by molar-refractivity contribution is 7.89. The lowest BCUT2D eigenvalue weighted by Gasteiger charge is -2.30. The average Bonchev–Trinajstić information content (AvgIpc) is 3.22. The third kappa shape index (κ3) is 4.78. The number of amides is 1. The van der Waals surface area contributed by atoms with Crippen molar-refractivity contribution in [1.82, 2.24) is 4.31 Å². The molecule has 7 nitrogen and oxygen atoms in total. The maximum absolute atomic E-state index is 13.2. The van der Waals surface area contributed by atoms with Gasteiger partial charge < -0.3 is 9.64 Å². The SMILES string of the molecule is C[C@@H]1CCCN(S(=O)(=O)c2cc(C(=O)O[C@H](C)C(=O)N3CCc4ccccc43)ccc2Cl)C1. The third-order valence-corrected chi connectivity index (χ3v) is 8.54. The van der Waals surface area contributed by atoms with Crippen molar-refractivity contribution < 1.29 is 22.7 Å². The fraction of sp³-hybridized carbons (Fsp3) is 0.417. The number of hydrogen-bond acceptors (Lipinski definition) is 5. The summed E-state index contributed by atoms with van der Waals surface area (Å²) in [5.41, 5.74) is 1.93. The molecule has 0 unspecified atom stereocenters. The molecule has 2 aliphatic rings. The predicted molar refractivity (Wildman–Crippen MR) is 126 cm³/mol. The van der Waals surface area contributed by atoms with Gasteiger partial charge >= 0.3 is 5.97 Å². The Bertz CT molecular complexity index is 1180. The molecule has 0 radical (unpaired) electrons. The minimum atomic E-state index is -3.85. The molecule has 33 heavy (non-hydrogen) atoms. The van der Waals surface area contributed by atoms with Crippen molar-refractivity contribution >= 4 is 39.2 Å². The fourth-order valence-corrected chi connectivity index (χ4v) is 6.50. The maximum Gasteiger partial charge on any atom is 0.338 e. The van der Waals surface area contributed by atoms with Gasteiger partial charge in [0, 0.05) is 25.3 Å². The summed E-state index contributed by atoms with van der Waals surface area (Å²) in [4.78, 5) is 27.2. The number of ether oxygens (including phenoxy) is 1. The van der Waals surface area contributed by atoms with Crippen LogP contribution in [0, 0.1) is 5.92 Å². The van der Waals surface area contributed by atoms with Crippen LogP contribution < -0.4 is 4.90 Å². The molecule has 0 spiro atoms. The highest BCUT2D eigenvalue weighted by Crippen LogP contribution is 2.30. The molecular weight excluding hydrogens is 464 g/mol. The van der Waals surface area contributed by atoms with Gasteiger partial charge in [0.05, 0.1) is 10.6 Å². The molecule has 1 saturated heterocycles. The van der Waals surface area contributed by atoms with Gasteiger partial charge in [-0.3, -0.25) is 4.79 Å². The monoisotopic (exact) mass is 490 g/mol. The van der Waals surface area contributed by atoms with E-state index >= 15 is 0 Å². The van der Waals surface area contributed by atoms with Crippen molar-refractivity contribution in [3.63, 3.8) is 0 Å². The topological polar surface area (TPSA) is 84.0 Å². The summed E-state index contributed by atoms with van der Waals surface area (Å²) < 4.78 is 33.2. The van der Waals surface area contributed by atoms with Crippen molar-refractivity contribution in [3.05, 3.63) is 58.6 Å². The summed E-state index contributed by atoms with van der Waals surface area (Å²) >= 11 is 6.21. The molecule has 2 aromatic carbocycles. The van der Waals surface area contributed by atoms with Gasteiger partial charge in [-0.05, 0) is 61.9 Å². The van der Waals surface area contributed by atoms with Crippen molar-refractivity contribution in [2.45, 2.75) is 44.1 Å². The van der Waals surface area contributed by atoms with Gasteiger partial charge in [-0.1, -0.05) is 36.7 Å². The zero-order chi connectivity index (χ0) is 23.8. The third-order valence-electron chi connectivity index (χ3n) is 6.19. The Morgan fingerprint density at radius 2 is 1.91 bits per heavy atom. The van der Waals surface area contributed by atoms with Gasteiger partial charge in [0.2, 0.25) is 10.0 Å². The van der Waals surface area contributed by atoms with E-state index in [9.17, 15) is 18.0 Å². The minimum absolute atomic E-state index is 0.0319. The second-order valence-corrected chi connectivity index (χ2v) is 11.0. The first kappa shape index (κ1) is 23.7. The summed E-state index contributed by atoms with van der Waals surface area (Å²) in [5, 5.41) is 0.0441. The van der Waals surface area contributed by atoms with E-state index in [1.54, 1.807) is 4.90 Å². The number of rotatable bonds is 5. The Hall–Kier alpha value is -2.42. The fourth-order valence-electron chi connectivity index (χ4n) is 4.40. The molecule has 0 aliphatic carbocycles. The average molecular weight is 491 g/mol. The number of benzene rings is 2. The minimum Gasteiger partial charge on any atom is -0.449 e. The first-order chi connectivity index (χ1) is 15.7. The number of piperidine rings is 1. The van der Waals surface area contributed by atoms with E-state index in [4.69, 9.17) is 16.3 Å². The van der Waals surface area contributed by atoms with E-state index in [0.29, 0.717) is 19.6 Å². The lowest BCUT2D eigenvalue weighted by atomic mass is 10.0. The van der Waals surface area contributed by atoms with Crippen LogP contribution in [0.1, 0.15) is 42.6 Å². The molecule has 2 aromatic rings. The number of hydrogen-bond donors (Lipinski definition) is 0. The summed E-state index contributed by atoms with van der Waals surface area (Å²) in [6, 6.07) is 11.6. The molecule has 4 rings (SSSR count). The first-order valence-electron chi connectivity index (χ1n) is 11.1. The molecule has 0 bridgehead atoms.